The number of para-hydroxylation sites is 1. The summed E-state index contributed by atoms with van der Waals surface area (Å²) in [6, 6.07) is 20.7. The third kappa shape index (κ3) is 4.75. The predicted molar refractivity (Wildman–Crippen MR) is 135 cm³/mol. The number of carbonyl (C=O) groups is 2. The van der Waals surface area contributed by atoms with Crippen LogP contribution in [0.25, 0.3) is 22.2 Å². The van der Waals surface area contributed by atoms with E-state index in [0.29, 0.717) is 27.7 Å². The van der Waals surface area contributed by atoms with E-state index >= 15 is 0 Å². The van der Waals surface area contributed by atoms with Gasteiger partial charge in [-0.2, -0.15) is 0 Å². The standard InChI is InChI=1S/C29H28N2O4/c1-19-15-24(20(2)31(19)17-22-11-8-14-34-22)28(32)18-35-29(33)25-16-27(21-9-4-3-5-10-21)30-26-13-7-6-12-23(25)26/h3-7,9-10,12-13,15-16,22H,8,11,14,17-18H2,1-2H3. The number of esters is 1. The second-order valence-electron chi connectivity index (χ2n) is 8.97. The Labute approximate surface area is 204 Å². The molecule has 0 saturated carbocycles. The zero-order valence-corrected chi connectivity index (χ0v) is 20.0. The summed E-state index contributed by atoms with van der Waals surface area (Å²) in [5.74, 6) is -0.756. The number of carbonyl (C=O) groups excluding carboxylic acids is 2. The summed E-state index contributed by atoms with van der Waals surface area (Å²) < 4.78 is 13.4. The van der Waals surface area contributed by atoms with Gasteiger partial charge in [0.1, 0.15) is 0 Å². The largest absolute Gasteiger partial charge is 0.454 e. The molecule has 1 aliphatic rings. The first-order chi connectivity index (χ1) is 17.0. The highest BCUT2D eigenvalue weighted by molar-refractivity contribution is 6.06. The van der Waals surface area contributed by atoms with Crippen LogP contribution in [-0.4, -0.2) is 40.6 Å². The Morgan fingerprint density at radius 1 is 1.03 bits per heavy atom. The first kappa shape index (κ1) is 23.0. The predicted octanol–water partition coefficient (Wildman–Crippen LogP) is 5.54. The molecule has 3 heterocycles. The van der Waals surface area contributed by atoms with E-state index in [1.165, 1.54) is 0 Å². The molecule has 2 aromatic heterocycles. The number of aromatic nitrogens is 2. The number of ether oxygens (including phenoxy) is 2. The van der Waals surface area contributed by atoms with Crippen LogP contribution in [0.5, 0.6) is 0 Å². The van der Waals surface area contributed by atoms with E-state index in [-0.39, 0.29) is 18.5 Å². The molecule has 6 nitrogen and oxygen atoms in total. The summed E-state index contributed by atoms with van der Waals surface area (Å²) in [4.78, 5) is 30.9. The lowest BCUT2D eigenvalue weighted by atomic mass is 10.0. The number of hydrogen-bond donors (Lipinski definition) is 0. The van der Waals surface area contributed by atoms with Crippen LogP contribution in [-0.2, 0) is 16.0 Å². The van der Waals surface area contributed by atoms with Gasteiger partial charge in [-0.05, 0) is 44.9 Å². The van der Waals surface area contributed by atoms with Crippen molar-refractivity contribution in [1.29, 1.82) is 0 Å². The smallest absolute Gasteiger partial charge is 0.339 e. The third-order valence-electron chi connectivity index (χ3n) is 6.62. The van der Waals surface area contributed by atoms with E-state index in [9.17, 15) is 9.59 Å². The van der Waals surface area contributed by atoms with Gasteiger partial charge in [0, 0.05) is 41.1 Å². The van der Waals surface area contributed by atoms with Crippen molar-refractivity contribution in [3.05, 3.63) is 89.2 Å². The minimum Gasteiger partial charge on any atom is -0.454 e. The number of ketones is 1. The van der Waals surface area contributed by atoms with Gasteiger partial charge in [0.15, 0.2) is 6.61 Å². The Morgan fingerprint density at radius 3 is 2.57 bits per heavy atom. The maximum absolute atomic E-state index is 13.1. The highest BCUT2D eigenvalue weighted by atomic mass is 16.5. The number of Topliss-reactive ketones (excluding diaryl/α,β-unsaturated/α-hetero) is 1. The van der Waals surface area contributed by atoms with E-state index in [2.05, 4.69) is 4.57 Å². The molecule has 0 N–H and O–H groups in total. The Morgan fingerprint density at radius 2 is 1.80 bits per heavy atom. The Hall–Kier alpha value is -3.77. The van der Waals surface area contributed by atoms with Crippen LogP contribution in [0.1, 0.15) is 44.9 Å². The highest BCUT2D eigenvalue weighted by Crippen LogP contribution is 2.26. The number of fused-ring (bicyclic) bond motifs is 1. The number of rotatable bonds is 7. The zero-order chi connectivity index (χ0) is 24.4. The molecule has 0 amide bonds. The molecule has 1 saturated heterocycles. The van der Waals surface area contributed by atoms with E-state index in [1.807, 2.05) is 74.5 Å². The van der Waals surface area contributed by atoms with Gasteiger partial charge in [-0.3, -0.25) is 4.79 Å². The molecule has 0 spiro atoms. The van der Waals surface area contributed by atoms with Crippen molar-refractivity contribution in [3.8, 4) is 11.3 Å². The zero-order valence-electron chi connectivity index (χ0n) is 20.0. The average Bonchev–Trinajstić information content (AvgIpc) is 3.51. The molecule has 5 rings (SSSR count). The molecule has 6 heteroatoms. The van der Waals surface area contributed by atoms with Crippen molar-refractivity contribution in [1.82, 2.24) is 9.55 Å². The molecule has 1 unspecified atom stereocenters. The SMILES string of the molecule is Cc1cc(C(=O)COC(=O)c2cc(-c3ccccc3)nc3ccccc23)c(C)n1CC1CCCO1. The molecule has 2 aromatic carbocycles. The minimum absolute atomic E-state index is 0.180. The van der Waals surface area contributed by atoms with Crippen molar-refractivity contribution >= 4 is 22.7 Å². The fourth-order valence-electron chi connectivity index (χ4n) is 4.74. The van der Waals surface area contributed by atoms with Gasteiger partial charge in [-0.15, -0.1) is 0 Å². The van der Waals surface area contributed by atoms with Gasteiger partial charge < -0.3 is 14.0 Å². The maximum Gasteiger partial charge on any atom is 0.339 e. The van der Waals surface area contributed by atoms with E-state index in [4.69, 9.17) is 14.5 Å². The van der Waals surface area contributed by atoms with Crippen LogP contribution in [0.15, 0.2) is 66.7 Å². The van der Waals surface area contributed by atoms with Crippen LogP contribution < -0.4 is 0 Å². The van der Waals surface area contributed by atoms with Crippen molar-refractivity contribution in [2.75, 3.05) is 13.2 Å². The quantitative estimate of drug-likeness (QED) is 0.263. The molecular formula is C29H28N2O4. The Kier molecular flexibility index (Phi) is 6.47. The Balaban J connectivity index is 1.36. The lowest BCUT2D eigenvalue weighted by Gasteiger charge is -2.14. The molecule has 0 bridgehead atoms. The summed E-state index contributed by atoms with van der Waals surface area (Å²) >= 11 is 0. The van der Waals surface area contributed by atoms with E-state index in [0.717, 1.165) is 42.9 Å². The molecule has 35 heavy (non-hydrogen) atoms. The van der Waals surface area contributed by atoms with Crippen LogP contribution in [0.4, 0.5) is 0 Å². The van der Waals surface area contributed by atoms with Crippen LogP contribution in [0, 0.1) is 13.8 Å². The molecule has 1 fully saturated rings. The molecular weight excluding hydrogens is 440 g/mol. The third-order valence-corrected chi connectivity index (χ3v) is 6.62. The van der Waals surface area contributed by atoms with Gasteiger partial charge in [-0.1, -0.05) is 48.5 Å². The summed E-state index contributed by atoms with van der Waals surface area (Å²) in [7, 11) is 0. The first-order valence-corrected chi connectivity index (χ1v) is 11.9. The summed E-state index contributed by atoms with van der Waals surface area (Å²) in [6.07, 6.45) is 2.28. The normalized spacial score (nSPS) is 15.4. The first-order valence-electron chi connectivity index (χ1n) is 11.9. The summed E-state index contributed by atoms with van der Waals surface area (Å²) in [5.41, 5.74) is 5.14. The van der Waals surface area contributed by atoms with Crippen molar-refractivity contribution in [2.45, 2.75) is 39.3 Å². The van der Waals surface area contributed by atoms with E-state index < -0.39 is 5.97 Å². The number of hydrogen-bond acceptors (Lipinski definition) is 5. The fraction of sp³-hybridized carbons (Fsp3) is 0.276. The van der Waals surface area contributed by atoms with E-state index in [1.54, 1.807) is 6.07 Å². The maximum atomic E-state index is 13.1. The van der Waals surface area contributed by atoms with Crippen molar-refractivity contribution in [3.63, 3.8) is 0 Å². The van der Waals surface area contributed by atoms with Crippen LogP contribution >= 0.6 is 0 Å². The number of benzene rings is 2. The minimum atomic E-state index is -0.540. The molecule has 0 radical (unpaired) electrons. The second kappa shape index (κ2) is 9.84. The molecule has 4 aromatic rings. The fourth-order valence-corrected chi connectivity index (χ4v) is 4.74. The second-order valence-corrected chi connectivity index (χ2v) is 8.97. The molecule has 1 aliphatic heterocycles. The monoisotopic (exact) mass is 468 g/mol. The number of nitrogens with zero attached hydrogens (tertiary/aromatic N) is 2. The average molecular weight is 469 g/mol. The summed E-state index contributed by atoms with van der Waals surface area (Å²) in [6.45, 7) is 5.12. The lowest BCUT2D eigenvalue weighted by Crippen LogP contribution is -2.18. The highest BCUT2D eigenvalue weighted by Gasteiger charge is 2.22. The van der Waals surface area contributed by atoms with Crippen molar-refractivity contribution < 1.29 is 19.1 Å². The van der Waals surface area contributed by atoms with Crippen molar-refractivity contribution in [2.24, 2.45) is 0 Å². The number of aryl methyl sites for hydroxylation is 1. The lowest BCUT2D eigenvalue weighted by molar-refractivity contribution is 0.0476. The van der Waals surface area contributed by atoms with Gasteiger partial charge in [0.25, 0.3) is 0 Å². The van der Waals surface area contributed by atoms with Crippen LogP contribution in [0.3, 0.4) is 0 Å². The van der Waals surface area contributed by atoms with Gasteiger partial charge in [0.2, 0.25) is 5.78 Å². The Bertz CT molecular complexity index is 1380. The molecule has 1 atom stereocenters. The molecule has 0 aliphatic carbocycles. The molecule has 178 valence electrons. The van der Waals surface area contributed by atoms with Crippen LogP contribution in [0.2, 0.25) is 0 Å². The topological polar surface area (TPSA) is 70.4 Å². The van der Waals surface area contributed by atoms with Gasteiger partial charge in [0.05, 0.1) is 22.9 Å². The van der Waals surface area contributed by atoms with Gasteiger partial charge in [-0.25, -0.2) is 9.78 Å². The number of pyridine rings is 1. The van der Waals surface area contributed by atoms with Gasteiger partial charge >= 0.3 is 5.97 Å². The summed E-state index contributed by atoms with van der Waals surface area (Å²) in [5, 5.41) is 0.694.